The highest BCUT2D eigenvalue weighted by atomic mass is 35.5. The summed E-state index contributed by atoms with van der Waals surface area (Å²) in [6.07, 6.45) is 1.52. The summed E-state index contributed by atoms with van der Waals surface area (Å²) in [7, 11) is 0. The van der Waals surface area contributed by atoms with Crippen molar-refractivity contribution in [3.63, 3.8) is 0 Å². The topological polar surface area (TPSA) is 57.7 Å². The summed E-state index contributed by atoms with van der Waals surface area (Å²) in [6, 6.07) is 16.5. The molecule has 1 unspecified atom stereocenters. The molecule has 2 heterocycles. The summed E-state index contributed by atoms with van der Waals surface area (Å²) in [5.41, 5.74) is 1.38. The van der Waals surface area contributed by atoms with Crippen LogP contribution in [0.25, 0.3) is 0 Å². The van der Waals surface area contributed by atoms with Gasteiger partial charge in [0.15, 0.2) is 5.78 Å². The molecular formula is C23H23ClN2O3. The molecule has 0 saturated carbocycles. The van der Waals surface area contributed by atoms with Crippen molar-refractivity contribution in [3.05, 3.63) is 65.2 Å². The summed E-state index contributed by atoms with van der Waals surface area (Å²) < 4.78 is 0. The van der Waals surface area contributed by atoms with E-state index in [4.69, 9.17) is 11.6 Å². The van der Waals surface area contributed by atoms with Gasteiger partial charge in [-0.3, -0.25) is 14.4 Å². The molecule has 2 aliphatic heterocycles. The highest BCUT2D eigenvalue weighted by Gasteiger charge is 2.39. The Bertz CT molecular complexity index is 923. The normalized spacial score (nSPS) is 20.2. The van der Waals surface area contributed by atoms with E-state index in [2.05, 4.69) is 0 Å². The zero-order valence-corrected chi connectivity index (χ0v) is 16.8. The zero-order valence-electron chi connectivity index (χ0n) is 16.1. The standard InChI is InChI=1S/C23H23ClN2O3/c24-19-8-4-5-9-20(19)26-15-18(14-21(26)27)23(29)25-12-10-17(11-13-25)22(28)16-6-2-1-3-7-16/h1-9,17-18H,10-15H2. The fourth-order valence-corrected chi connectivity index (χ4v) is 4.47. The van der Waals surface area contributed by atoms with Crippen molar-refractivity contribution in [2.45, 2.75) is 19.3 Å². The number of likely N-dealkylation sites (tertiary alicyclic amines) is 1. The van der Waals surface area contributed by atoms with Gasteiger partial charge < -0.3 is 9.80 Å². The van der Waals surface area contributed by atoms with E-state index in [1.165, 1.54) is 0 Å². The number of rotatable bonds is 4. The Morgan fingerprint density at radius 2 is 1.55 bits per heavy atom. The maximum atomic E-state index is 13.0. The molecule has 2 fully saturated rings. The lowest BCUT2D eigenvalue weighted by Gasteiger charge is -2.33. The minimum atomic E-state index is -0.361. The Balaban J connectivity index is 1.36. The van der Waals surface area contributed by atoms with Gasteiger partial charge in [0, 0.05) is 37.5 Å². The first-order valence-electron chi connectivity index (χ1n) is 9.97. The van der Waals surface area contributed by atoms with Crippen molar-refractivity contribution >= 4 is 34.9 Å². The molecule has 2 amide bonds. The van der Waals surface area contributed by atoms with Crippen LogP contribution < -0.4 is 4.90 Å². The average Bonchev–Trinajstić information content (AvgIpc) is 3.15. The quantitative estimate of drug-likeness (QED) is 0.720. The van der Waals surface area contributed by atoms with Crippen LogP contribution in [0, 0.1) is 11.8 Å². The molecule has 0 spiro atoms. The molecule has 2 aliphatic rings. The smallest absolute Gasteiger partial charge is 0.228 e. The third-order valence-electron chi connectivity index (χ3n) is 5.85. The van der Waals surface area contributed by atoms with Crippen molar-refractivity contribution in [3.8, 4) is 0 Å². The zero-order chi connectivity index (χ0) is 20.4. The Kier molecular flexibility index (Phi) is 5.67. The fraction of sp³-hybridized carbons (Fsp3) is 0.348. The molecule has 0 aliphatic carbocycles. The van der Waals surface area contributed by atoms with Gasteiger partial charge in [0.05, 0.1) is 16.6 Å². The summed E-state index contributed by atoms with van der Waals surface area (Å²) >= 11 is 6.22. The van der Waals surface area contributed by atoms with E-state index in [0.717, 1.165) is 5.56 Å². The molecule has 150 valence electrons. The van der Waals surface area contributed by atoms with E-state index in [-0.39, 0.29) is 35.9 Å². The number of benzene rings is 2. The minimum Gasteiger partial charge on any atom is -0.342 e. The SMILES string of the molecule is O=C(c1ccccc1)C1CCN(C(=O)C2CC(=O)N(c3ccccc3Cl)C2)CC1. The van der Waals surface area contributed by atoms with Crippen LogP contribution in [-0.4, -0.2) is 42.1 Å². The number of ketones is 1. The van der Waals surface area contributed by atoms with E-state index in [1.54, 1.807) is 17.0 Å². The van der Waals surface area contributed by atoms with E-state index < -0.39 is 0 Å². The van der Waals surface area contributed by atoms with Crippen molar-refractivity contribution in [1.29, 1.82) is 0 Å². The van der Waals surface area contributed by atoms with Crippen molar-refractivity contribution in [2.75, 3.05) is 24.5 Å². The molecule has 0 bridgehead atoms. The molecule has 1 atom stereocenters. The number of nitrogens with zero attached hydrogens (tertiary/aromatic N) is 2. The number of Topliss-reactive ketones (excluding diaryl/α,β-unsaturated/α-hetero) is 1. The Morgan fingerprint density at radius 1 is 0.897 bits per heavy atom. The number of piperidine rings is 1. The molecule has 6 heteroatoms. The van der Waals surface area contributed by atoms with Crippen LogP contribution in [0.1, 0.15) is 29.6 Å². The van der Waals surface area contributed by atoms with Gasteiger partial charge in [-0.2, -0.15) is 0 Å². The van der Waals surface area contributed by atoms with Crippen LogP contribution in [0.2, 0.25) is 5.02 Å². The highest BCUT2D eigenvalue weighted by molar-refractivity contribution is 6.33. The van der Waals surface area contributed by atoms with Crippen LogP contribution in [0.5, 0.6) is 0 Å². The lowest BCUT2D eigenvalue weighted by atomic mass is 9.88. The first kappa shape index (κ1) is 19.6. The van der Waals surface area contributed by atoms with Gasteiger partial charge in [-0.25, -0.2) is 0 Å². The third-order valence-corrected chi connectivity index (χ3v) is 6.17. The molecule has 2 saturated heterocycles. The lowest BCUT2D eigenvalue weighted by Crippen LogP contribution is -2.43. The number of halogens is 1. The molecule has 5 nitrogen and oxygen atoms in total. The summed E-state index contributed by atoms with van der Waals surface area (Å²) in [5.74, 6) is -0.339. The number of hydrogen-bond donors (Lipinski definition) is 0. The molecule has 29 heavy (non-hydrogen) atoms. The number of carbonyl (C=O) groups is 3. The number of hydrogen-bond acceptors (Lipinski definition) is 3. The second kappa shape index (κ2) is 8.37. The van der Waals surface area contributed by atoms with E-state index in [0.29, 0.717) is 43.2 Å². The van der Waals surface area contributed by atoms with Crippen LogP contribution >= 0.6 is 11.6 Å². The number of amides is 2. The van der Waals surface area contributed by atoms with Gasteiger partial charge in [0.25, 0.3) is 0 Å². The van der Waals surface area contributed by atoms with Gasteiger partial charge in [-0.05, 0) is 25.0 Å². The number of anilines is 1. The van der Waals surface area contributed by atoms with Gasteiger partial charge in [0.1, 0.15) is 0 Å². The fourth-order valence-electron chi connectivity index (χ4n) is 4.23. The monoisotopic (exact) mass is 410 g/mol. The second-order valence-electron chi connectivity index (χ2n) is 7.69. The molecule has 0 aromatic heterocycles. The third kappa shape index (κ3) is 4.06. The summed E-state index contributed by atoms with van der Waals surface area (Å²) in [6.45, 7) is 1.46. The van der Waals surface area contributed by atoms with Crippen LogP contribution in [0.3, 0.4) is 0 Å². The van der Waals surface area contributed by atoms with Crippen LogP contribution in [0.15, 0.2) is 54.6 Å². The molecule has 4 rings (SSSR count). The molecular weight excluding hydrogens is 388 g/mol. The lowest BCUT2D eigenvalue weighted by molar-refractivity contribution is -0.137. The number of para-hydroxylation sites is 1. The predicted octanol–water partition coefficient (Wildman–Crippen LogP) is 3.81. The first-order valence-corrected chi connectivity index (χ1v) is 10.4. The minimum absolute atomic E-state index is 0.00138. The molecule has 0 radical (unpaired) electrons. The van der Waals surface area contributed by atoms with E-state index in [1.807, 2.05) is 47.4 Å². The summed E-state index contributed by atoms with van der Waals surface area (Å²) in [4.78, 5) is 41.5. The Morgan fingerprint density at radius 3 is 2.24 bits per heavy atom. The van der Waals surface area contributed by atoms with Gasteiger partial charge >= 0.3 is 0 Å². The first-order chi connectivity index (χ1) is 14.0. The predicted molar refractivity (Wildman–Crippen MR) is 112 cm³/mol. The Labute approximate surface area is 175 Å². The maximum absolute atomic E-state index is 13.0. The van der Waals surface area contributed by atoms with Crippen molar-refractivity contribution < 1.29 is 14.4 Å². The van der Waals surface area contributed by atoms with Crippen LogP contribution in [0.4, 0.5) is 5.69 Å². The second-order valence-corrected chi connectivity index (χ2v) is 8.09. The van der Waals surface area contributed by atoms with E-state index >= 15 is 0 Å². The van der Waals surface area contributed by atoms with Gasteiger partial charge in [-0.1, -0.05) is 54.1 Å². The van der Waals surface area contributed by atoms with Crippen LogP contribution in [-0.2, 0) is 9.59 Å². The van der Waals surface area contributed by atoms with Crippen molar-refractivity contribution in [1.82, 2.24) is 4.90 Å². The van der Waals surface area contributed by atoms with Gasteiger partial charge in [-0.15, -0.1) is 0 Å². The summed E-state index contributed by atoms with van der Waals surface area (Å²) in [5, 5.41) is 0.509. The maximum Gasteiger partial charge on any atom is 0.228 e. The van der Waals surface area contributed by atoms with Gasteiger partial charge in [0.2, 0.25) is 11.8 Å². The molecule has 0 N–H and O–H groups in total. The number of carbonyl (C=O) groups excluding carboxylic acids is 3. The largest absolute Gasteiger partial charge is 0.342 e. The van der Waals surface area contributed by atoms with E-state index in [9.17, 15) is 14.4 Å². The van der Waals surface area contributed by atoms with Crippen molar-refractivity contribution in [2.24, 2.45) is 11.8 Å². The highest BCUT2D eigenvalue weighted by Crippen LogP contribution is 2.32. The Hall–Kier alpha value is -2.66. The molecule has 2 aromatic carbocycles. The average molecular weight is 411 g/mol. The molecule has 2 aromatic rings.